The molecule has 3 aliphatic rings. The van der Waals surface area contributed by atoms with E-state index in [-0.39, 0.29) is 5.54 Å². The van der Waals surface area contributed by atoms with Crippen LogP contribution in [0, 0.1) is 11.8 Å². The van der Waals surface area contributed by atoms with Gasteiger partial charge < -0.3 is 4.90 Å². The highest BCUT2D eigenvalue weighted by molar-refractivity contribution is 5.78. The van der Waals surface area contributed by atoms with Gasteiger partial charge in [-0.05, 0) is 50.4 Å². The Morgan fingerprint density at radius 2 is 2.00 bits per heavy atom. The van der Waals surface area contributed by atoms with Crippen molar-refractivity contribution in [1.29, 1.82) is 0 Å². The van der Waals surface area contributed by atoms with Crippen LogP contribution in [-0.4, -0.2) is 22.9 Å². The molecule has 1 heterocycles. The molecule has 18 heavy (non-hydrogen) atoms. The summed E-state index contributed by atoms with van der Waals surface area (Å²) in [4.78, 5) is 14.7. The van der Waals surface area contributed by atoms with E-state index < -0.39 is 0 Å². The number of carbonyl (C=O) groups excluding carboxylic acids is 1. The normalized spacial score (nSPS) is 31.7. The fraction of sp³-hybridized carbons (Fsp3) is 0.812. The van der Waals surface area contributed by atoms with Crippen LogP contribution < -0.4 is 0 Å². The Hall–Kier alpha value is -0.790. The number of rotatable bonds is 4. The van der Waals surface area contributed by atoms with E-state index in [2.05, 4.69) is 11.5 Å². The van der Waals surface area contributed by atoms with Gasteiger partial charge in [0.1, 0.15) is 0 Å². The van der Waals surface area contributed by atoms with Crippen molar-refractivity contribution in [2.24, 2.45) is 11.8 Å². The first-order valence-electron chi connectivity index (χ1n) is 7.67. The zero-order chi connectivity index (χ0) is 12.6. The van der Waals surface area contributed by atoms with Crippen LogP contribution in [0.3, 0.4) is 0 Å². The van der Waals surface area contributed by atoms with Crippen LogP contribution in [0.4, 0.5) is 0 Å². The zero-order valence-electron chi connectivity index (χ0n) is 11.4. The summed E-state index contributed by atoms with van der Waals surface area (Å²) >= 11 is 0. The van der Waals surface area contributed by atoms with Crippen LogP contribution in [-0.2, 0) is 4.79 Å². The molecule has 1 atom stereocenters. The summed E-state index contributed by atoms with van der Waals surface area (Å²) < 4.78 is 0. The first-order chi connectivity index (χ1) is 8.76. The van der Waals surface area contributed by atoms with Gasteiger partial charge in [0.2, 0.25) is 5.91 Å². The highest BCUT2D eigenvalue weighted by atomic mass is 16.2. The highest BCUT2D eigenvalue weighted by Crippen LogP contribution is 2.52. The molecule has 3 rings (SSSR count). The molecule has 0 radical (unpaired) electrons. The van der Waals surface area contributed by atoms with Crippen LogP contribution in [0.15, 0.2) is 12.7 Å². The van der Waals surface area contributed by atoms with E-state index in [0.29, 0.717) is 11.8 Å². The van der Waals surface area contributed by atoms with Crippen molar-refractivity contribution in [1.82, 2.24) is 4.90 Å². The van der Waals surface area contributed by atoms with Crippen LogP contribution in [0.1, 0.15) is 57.8 Å². The molecular weight excluding hydrogens is 222 g/mol. The molecule has 100 valence electrons. The molecule has 0 N–H and O–H groups in total. The van der Waals surface area contributed by atoms with E-state index in [0.717, 1.165) is 31.7 Å². The number of amides is 1. The minimum atomic E-state index is 0.275. The van der Waals surface area contributed by atoms with Crippen molar-refractivity contribution < 1.29 is 4.79 Å². The SMILES string of the molecule is C=CC[C@@H]1CCC(=O)N(C2(C3CC3)CCCC2)C1. The van der Waals surface area contributed by atoms with E-state index >= 15 is 0 Å². The van der Waals surface area contributed by atoms with Gasteiger partial charge in [-0.3, -0.25) is 4.79 Å². The molecule has 2 aliphatic carbocycles. The monoisotopic (exact) mass is 247 g/mol. The average Bonchev–Trinajstić information content (AvgIpc) is 3.12. The minimum Gasteiger partial charge on any atom is -0.336 e. The number of hydrogen-bond acceptors (Lipinski definition) is 1. The fourth-order valence-corrected chi connectivity index (χ4v) is 4.28. The lowest BCUT2D eigenvalue weighted by Crippen LogP contribution is -2.55. The molecular formula is C16H25NO. The zero-order valence-corrected chi connectivity index (χ0v) is 11.4. The van der Waals surface area contributed by atoms with Gasteiger partial charge in [0.15, 0.2) is 0 Å². The van der Waals surface area contributed by atoms with E-state index in [1.165, 1.54) is 38.5 Å². The Morgan fingerprint density at radius 3 is 2.61 bits per heavy atom. The maximum atomic E-state index is 12.4. The van der Waals surface area contributed by atoms with Crippen molar-refractivity contribution in [3.05, 3.63) is 12.7 Å². The predicted octanol–water partition coefficient (Wildman–Crippen LogP) is 3.52. The first-order valence-corrected chi connectivity index (χ1v) is 7.67. The molecule has 1 saturated heterocycles. The van der Waals surface area contributed by atoms with Gasteiger partial charge >= 0.3 is 0 Å². The summed E-state index contributed by atoms with van der Waals surface area (Å²) in [5, 5.41) is 0. The summed E-state index contributed by atoms with van der Waals surface area (Å²) in [6.45, 7) is 4.86. The molecule has 1 aliphatic heterocycles. The second-order valence-corrected chi connectivity index (χ2v) is 6.52. The molecule has 2 saturated carbocycles. The lowest BCUT2D eigenvalue weighted by molar-refractivity contribution is -0.143. The van der Waals surface area contributed by atoms with Crippen molar-refractivity contribution in [2.75, 3.05) is 6.54 Å². The topological polar surface area (TPSA) is 20.3 Å². The van der Waals surface area contributed by atoms with Gasteiger partial charge in [0, 0.05) is 18.5 Å². The molecule has 2 nitrogen and oxygen atoms in total. The molecule has 0 bridgehead atoms. The Kier molecular flexibility index (Phi) is 3.21. The van der Waals surface area contributed by atoms with Crippen LogP contribution in [0.25, 0.3) is 0 Å². The maximum absolute atomic E-state index is 12.4. The van der Waals surface area contributed by atoms with Gasteiger partial charge in [-0.15, -0.1) is 6.58 Å². The smallest absolute Gasteiger partial charge is 0.223 e. The minimum absolute atomic E-state index is 0.275. The van der Waals surface area contributed by atoms with Crippen LogP contribution in [0.2, 0.25) is 0 Å². The predicted molar refractivity (Wildman–Crippen MR) is 73.2 cm³/mol. The number of likely N-dealkylation sites (tertiary alicyclic amines) is 1. The molecule has 1 amide bonds. The fourth-order valence-electron chi connectivity index (χ4n) is 4.28. The lowest BCUT2D eigenvalue weighted by atomic mass is 9.84. The van der Waals surface area contributed by atoms with Gasteiger partial charge in [-0.1, -0.05) is 18.9 Å². The molecule has 3 fully saturated rings. The number of hydrogen-bond donors (Lipinski definition) is 0. The molecule has 0 aromatic rings. The van der Waals surface area contributed by atoms with Crippen LogP contribution in [0.5, 0.6) is 0 Å². The van der Waals surface area contributed by atoms with Crippen LogP contribution >= 0.6 is 0 Å². The first kappa shape index (κ1) is 12.3. The Morgan fingerprint density at radius 1 is 1.28 bits per heavy atom. The molecule has 0 unspecified atom stereocenters. The summed E-state index contributed by atoms with van der Waals surface area (Å²) in [6, 6.07) is 0. The van der Waals surface area contributed by atoms with Crippen molar-refractivity contribution in [2.45, 2.75) is 63.3 Å². The molecule has 2 heteroatoms. The Labute approximate surface area is 110 Å². The highest BCUT2D eigenvalue weighted by Gasteiger charge is 2.52. The standard InChI is InChI=1S/C16H25NO/c1-2-5-13-6-9-15(18)17(12-13)16(14-7-8-14)10-3-4-11-16/h2,13-14H,1,3-12H2/t13-/m1/s1. The average molecular weight is 247 g/mol. The van der Waals surface area contributed by atoms with Gasteiger partial charge in [0.25, 0.3) is 0 Å². The van der Waals surface area contributed by atoms with Gasteiger partial charge in [-0.25, -0.2) is 0 Å². The third-order valence-electron chi connectivity index (χ3n) is 5.35. The Bertz CT molecular complexity index is 339. The third-order valence-corrected chi connectivity index (χ3v) is 5.35. The quantitative estimate of drug-likeness (QED) is 0.696. The summed E-state index contributed by atoms with van der Waals surface area (Å²) in [6.07, 6.45) is 12.8. The molecule has 0 spiro atoms. The number of nitrogens with zero attached hydrogens (tertiary/aromatic N) is 1. The van der Waals surface area contributed by atoms with E-state index in [9.17, 15) is 4.79 Å². The van der Waals surface area contributed by atoms with Crippen molar-refractivity contribution in [3.63, 3.8) is 0 Å². The molecule has 0 aromatic heterocycles. The number of carbonyl (C=O) groups is 1. The van der Waals surface area contributed by atoms with Crippen molar-refractivity contribution in [3.8, 4) is 0 Å². The Balaban J connectivity index is 1.78. The second-order valence-electron chi connectivity index (χ2n) is 6.52. The number of allylic oxidation sites excluding steroid dienone is 1. The lowest BCUT2D eigenvalue weighted by Gasteiger charge is -2.46. The largest absolute Gasteiger partial charge is 0.336 e. The van der Waals surface area contributed by atoms with Gasteiger partial charge in [0.05, 0.1) is 0 Å². The summed E-state index contributed by atoms with van der Waals surface area (Å²) in [5.41, 5.74) is 0.275. The van der Waals surface area contributed by atoms with Gasteiger partial charge in [-0.2, -0.15) is 0 Å². The van der Waals surface area contributed by atoms with E-state index in [1.54, 1.807) is 0 Å². The van der Waals surface area contributed by atoms with Crippen molar-refractivity contribution >= 4 is 5.91 Å². The summed E-state index contributed by atoms with van der Waals surface area (Å²) in [7, 11) is 0. The van der Waals surface area contributed by atoms with E-state index in [4.69, 9.17) is 0 Å². The third kappa shape index (κ3) is 2.00. The molecule has 0 aromatic carbocycles. The summed E-state index contributed by atoms with van der Waals surface area (Å²) in [5.74, 6) is 1.92. The van der Waals surface area contributed by atoms with E-state index in [1.807, 2.05) is 6.08 Å². The number of piperidine rings is 1. The second kappa shape index (κ2) is 4.71. The maximum Gasteiger partial charge on any atom is 0.223 e.